The van der Waals surface area contributed by atoms with Crippen LogP contribution in [0.2, 0.25) is 0 Å². The van der Waals surface area contributed by atoms with Crippen LogP contribution in [0.1, 0.15) is 13.8 Å². The van der Waals surface area contributed by atoms with E-state index in [0.717, 1.165) is 0 Å². The van der Waals surface area contributed by atoms with E-state index in [1.54, 1.807) is 18.7 Å². The fourth-order valence-electron chi connectivity index (χ4n) is 1.24. The van der Waals surface area contributed by atoms with Gasteiger partial charge in [0.15, 0.2) is 0 Å². The molecule has 0 aliphatic rings. The first kappa shape index (κ1) is 15.8. The van der Waals surface area contributed by atoms with Crippen LogP contribution in [0.4, 0.5) is 0 Å². The predicted octanol–water partition coefficient (Wildman–Crippen LogP) is -0.528. The van der Waals surface area contributed by atoms with E-state index in [4.69, 9.17) is 9.11 Å². The van der Waals surface area contributed by atoms with Crippen molar-refractivity contribution in [2.45, 2.75) is 19.1 Å². The molecule has 0 aliphatic heterocycles. The van der Waals surface area contributed by atoms with Gasteiger partial charge in [0.25, 0.3) is 20.2 Å². The van der Waals surface area contributed by atoms with Crippen molar-refractivity contribution in [1.82, 2.24) is 4.90 Å². The highest BCUT2D eigenvalue weighted by molar-refractivity contribution is 7.90. The lowest BCUT2D eigenvalue weighted by molar-refractivity contribution is 0.299. The van der Waals surface area contributed by atoms with Gasteiger partial charge in [0.2, 0.25) is 0 Å². The Hall–Kier alpha value is -0.220. The van der Waals surface area contributed by atoms with Crippen molar-refractivity contribution in [1.29, 1.82) is 0 Å². The van der Waals surface area contributed by atoms with Crippen molar-refractivity contribution in [2.75, 3.05) is 25.4 Å². The zero-order valence-electron chi connectivity index (χ0n) is 9.20. The van der Waals surface area contributed by atoms with E-state index in [-0.39, 0.29) is 6.54 Å². The fourth-order valence-corrected chi connectivity index (χ4v) is 3.42. The van der Waals surface area contributed by atoms with Crippen LogP contribution in [0.3, 0.4) is 0 Å². The average Bonchev–Trinajstić information content (AvgIpc) is 2.08. The van der Waals surface area contributed by atoms with Gasteiger partial charge in [-0.1, -0.05) is 13.8 Å². The summed E-state index contributed by atoms with van der Waals surface area (Å²) >= 11 is 0. The molecule has 0 heterocycles. The highest BCUT2D eigenvalue weighted by atomic mass is 32.2. The molecule has 98 valence electrons. The van der Waals surface area contributed by atoms with E-state index in [9.17, 15) is 16.8 Å². The number of rotatable bonds is 7. The van der Waals surface area contributed by atoms with Gasteiger partial charge in [-0.2, -0.15) is 16.8 Å². The van der Waals surface area contributed by atoms with Crippen LogP contribution in [-0.4, -0.2) is 61.5 Å². The number of hydrogen-bond acceptors (Lipinski definition) is 5. The summed E-state index contributed by atoms with van der Waals surface area (Å²) in [4.78, 5) is 1.64. The first-order chi connectivity index (χ1) is 7.10. The molecule has 1 unspecified atom stereocenters. The molecule has 0 aliphatic carbocycles. The van der Waals surface area contributed by atoms with Gasteiger partial charge in [0.05, 0.1) is 5.75 Å². The molecule has 7 nitrogen and oxygen atoms in total. The van der Waals surface area contributed by atoms with E-state index in [2.05, 4.69) is 0 Å². The fraction of sp³-hybridized carbons (Fsp3) is 1.00. The Morgan fingerprint density at radius 3 is 1.75 bits per heavy atom. The second-order valence-corrected chi connectivity index (χ2v) is 6.57. The minimum atomic E-state index is -4.49. The summed E-state index contributed by atoms with van der Waals surface area (Å²) in [6.45, 7) is 4.46. The predicted molar refractivity (Wildman–Crippen MR) is 59.5 cm³/mol. The quantitative estimate of drug-likeness (QED) is 0.601. The molecule has 0 spiro atoms. The van der Waals surface area contributed by atoms with Crippen LogP contribution < -0.4 is 0 Å². The standard InChI is InChI=1S/C7H17NO6S2/c1-3-8(4-2)5-7(16(12,13)14)6-15(9,10)11/h7H,3-6H2,1-2H3,(H,9,10,11)(H,12,13,14). The third kappa shape index (κ3) is 6.38. The van der Waals surface area contributed by atoms with Crippen LogP contribution in [0.15, 0.2) is 0 Å². The maximum absolute atomic E-state index is 10.9. The van der Waals surface area contributed by atoms with Crippen LogP contribution >= 0.6 is 0 Å². The van der Waals surface area contributed by atoms with Gasteiger partial charge >= 0.3 is 0 Å². The topological polar surface area (TPSA) is 112 Å². The van der Waals surface area contributed by atoms with Crippen molar-refractivity contribution in [3.05, 3.63) is 0 Å². The Bertz CT molecular complexity index is 397. The minimum Gasteiger partial charge on any atom is -0.302 e. The van der Waals surface area contributed by atoms with Gasteiger partial charge in [-0.05, 0) is 13.1 Å². The van der Waals surface area contributed by atoms with E-state index >= 15 is 0 Å². The normalized spacial score (nSPS) is 15.3. The largest absolute Gasteiger partial charge is 0.302 e. The third-order valence-corrected chi connectivity index (χ3v) is 4.37. The van der Waals surface area contributed by atoms with Gasteiger partial charge in [-0.25, -0.2) is 0 Å². The molecule has 16 heavy (non-hydrogen) atoms. The second-order valence-electron chi connectivity index (χ2n) is 3.37. The zero-order valence-corrected chi connectivity index (χ0v) is 10.8. The lowest BCUT2D eigenvalue weighted by atomic mass is 10.4. The Balaban J connectivity index is 4.84. The maximum Gasteiger partial charge on any atom is 0.270 e. The average molecular weight is 275 g/mol. The Labute approximate surface area is 95.9 Å². The molecule has 0 aromatic heterocycles. The van der Waals surface area contributed by atoms with Crippen LogP contribution in [0.25, 0.3) is 0 Å². The van der Waals surface area contributed by atoms with Crippen LogP contribution in [0, 0.1) is 0 Å². The van der Waals surface area contributed by atoms with Gasteiger partial charge in [-0.15, -0.1) is 0 Å². The molecule has 0 fully saturated rings. The summed E-state index contributed by atoms with van der Waals surface area (Å²) < 4.78 is 60.5. The molecule has 0 radical (unpaired) electrons. The first-order valence-corrected chi connectivity index (χ1v) is 7.85. The van der Waals surface area contributed by atoms with E-state index in [0.29, 0.717) is 13.1 Å². The summed E-state index contributed by atoms with van der Waals surface area (Å²) in [5.74, 6) is -0.998. The zero-order chi connectivity index (χ0) is 13.0. The summed E-state index contributed by atoms with van der Waals surface area (Å²) in [5.41, 5.74) is 0. The molecule has 0 bridgehead atoms. The molecule has 0 aromatic rings. The summed E-state index contributed by atoms with van der Waals surface area (Å²) in [7, 11) is -8.93. The molecule has 0 saturated heterocycles. The molecule has 0 rings (SSSR count). The minimum absolute atomic E-state index is 0.133. The third-order valence-electron chi connectivity index (χ3n) is 2.17. The highest BCUT2D eigenvalue weighted by Crippen LogP contribution is 2.05. The Morgan fingerprint density at radius 1 is 1.06 bits per heavy atom. The summed E-state index contributed by atoms with van der Waals surface area (Å²) in [6, 6.07) is 0. The summed E-state index contributed by atoms with van der Waals surface area (Å²) in [5, 5.41) is -1.53. The van der Waals surface area contributed by atoms with Gasteiger partial charge in [0, 0.05) is 6.54 Å². The van der Waals surface area contributed by atoms with Crippen molar-refractivity contribution in [2.24, 2.45) is 0 Å². The second kappa shape index (κ2) is 5.92. The van der Waals surface area contributed by atoms with Gasteiger partial charge < -0.3 is 4.90 Å². The number of hydrogen-bond donors (Lipinski definition) is 2. The van der Waals surface area contributed by atoms with Gasteiger partial charge in [-0.3, -0.25) is 9.11 Å². The lowest BCUT2D eigenvalue weighted by Gasteiger charge is -2.22. The van der Waals surface area contributed by atoms with E-state index < -0.39 is 31.2 Å². The van der Waals surface area contributed by atoms with Crippen molar-refractivity contribution < 1.29 is 25.9 Å². The maximum atomic E-state index is 10.9. The van der Waals surface area contributed by atoms with Crippen LogP contribution in [0.5, 0.6) is 0 Å². The van der Waals surface area contributed by atoms with Gasteiger partial charge in [0.1, 0.15) is 5.25 Å². The summed E-state index contributed by atoms with van der Waals surface area (Å²) in [6.07, 6.45) is 0. The smallest absolute Gasteiger partial charge is 0.270 e. The molecule has 0 amide bonds. The Morgan fingerprint density at radius 2 is 1.50 bits per heavy atom. The molecule has 2 N–H and O–H groups in total. The van der Waals surface area contributed by atoms with Crippen LogP contribution in [-0.2, 0) is 20.2 Å². The highest BCUT2D eigenvalue weighted by Gasteiger charge is 2.29. The molecular formula is C7H17NO6S2. The monoisotopic (exact) mass is 275 g/mol. The molecule has 9 heteroatoms. The SMILES string of the molecule is CCN(CC)CC(CS(=O)(=O)O)S(=O)(=O)O. The van der Waals surface area contributed by atoms with Crippen molar-refractivity contribution >= 4 is 20.2 Å². The lowest BCUT2D eigenvalue weighted by Crippen LogP contribution is -2.40. The van der Waals surface area contributed by atoms with E-state index in [1.807, 2.05) is 0 Å². The molecule has 0 aromatic carbocycles. The van der Waals surface area contributed by atoms with Crippen molar-refractivity contribution in [3.8, 4) is 0 Å². The van der Waals surface area contributed by atoms with Crippen molar-refractivity contribution in [3.63, 3.8) is 0 Å². The molecular weight excluding hydrogens is 258 g/mol. The Kier molecular flexibility index (Phi) is 5.84. The number of nitrogens with zero attached hydrogens (tertiary/aromatic N) is 1. The first-order valence-electron chi connectivity index (χ1n) is 4.74. The molecule has 1 atom stereocenters. The molecule has 0 saturated carbocycles. The van der Waals surface area contributed by atoms with E-state index in [1.165, 1.54) is 0 Å².